The monoisotopic (exact) mass is 523 g/mol. The normalized spacial score (nSPS) is 21.5. The van der Waals surface area contributed by atoms with E-state index in [1.165, 1.54) is 0 Å². The highest BCUT2D eigenvalue weighted by molar-refractivity contribution is 14.0. The van der Waals surface area contributed by atoms with Crippen LogP contribution < -0.4 is 5.32 Å². The Kier molecular flexibility index (Phi) is 8.66. The van der Waals surface area contributed by atoms with Crippen LogP contribution in [0.5, 0.6) is 0 Å². The second-order valence-corrected chi connectivity index (χ2v) is 10.8. The summed E-state index contributed by atoms with van der Waals surface area (Å²) in [6.45, 7) is 6.84. The van der Waals surface area contributed by atoms with E-state index in [9.17, 15) is 8.42 Å². The number of nitrogens with one attached hydrogen (secondary N) is 1. The lowest BCUT2D eigenvalue weighted by molar-refractivity contribution is 0.273. The van der Waals surface area contributed by atoms with Gasteiger partial charge in [-0.25, -0.2) is 8.42 Å². The standard InChI is InChI=1S/C20H33N3O3S.HI/c1-17(2)15-22-19(21-11-8-18-7-6-13-26-18)23-12-14-27(24,25)20(16-23)9-4-3-5-10-20;/h6-7,13,17H,3-5,8-12,14-16H2,1-2H3,(H,21,22);1H. The summed E-state index contributed by atoms with van der Waals surface area (Å²) in [5.41, 5.74) is 0. The quantitative estimate of drug-likeness (QED) is 0.364. The summed E-state index contributed by atoms with van der Waals surface area (Å²) in [5.74, 6) is 2.47. The van der Waals surface area contributed by atoms with Gasteiger partial charge in [-0.3, -0.25) is 4.99 Å². The number of aliphatic imine (C=N–C) groups is 1. The van der Waals surface area contributed by atoms with E-state index >= 15 is 0 Å². The number of nitrogens with zero attached hydrogens (tertiary/aromatic N) is 2. The number of sulfone groups is 1. The molecular weight excluding hydrogens is 489 g/mol. The Morgan fingerprint density at radius 1 is 1.32 bits per heavy atom. The maximum atomic E-state index is 12.9. The van der Waals surface area contributed by atoms with Gasteiger partial charge in [0.2, 0.25) is 0 Å². The average Bonchev–Trinajstić information content (AvgIpc) is 3.15. The van der Waals surface area contributed by atoms with Gasteiger partial charge in [0.1, 0.15) is 5.76 Å². The predicted octanol–water partition coefficient (Wildman–Crippen LogP) is 3.48. The predicted molar refractivity (Wildman–Crippen MR) is 124 cm³/mol. The molecule has 1 aliphatic carbocycles. The molecule has 0 atom stereocenters. The van der Waals surface area contributed by atoms with Gasteiger partial charge in [-0.15, -0.1) is 24.0 Å². The van der Waals surface area contributed by atoms with Crippen LogP contribution >= 0.6 is 24.0 Å². The van der Waals surface area contributed by atoms with Crippen molar-refractivity contribution in [2.75, 3.05) is 31.9 Å². The molecule has 2 aliphatic rings. The van der Waals surface area contributed by atoms with E-state index in [-0.39, 0.29) is 29.7 Å². The van der Waals surface area contributed by atoms with Gasteiger partial charge < -0.3 is 14.6 Å². The number of hydrogen-bond donors (Lipinski definition) is 1. The molecule has 1 aromatic heterocycles. The number of hydrogen-bond acceptors (Lipinski definition) is 4. The summed E-state index contributed by atoms with van der Waals surface area (Å²) in [7, 11) is -3.04. The van der Waals surface area contributed by atoms with Crippen LogP contribution in [0, 0.1) is 5.92 Å². The van der Waals surface area contributed by atoms with Crippen LogP contribution in [0.25, 0.3) is 0 Å². The molecule has 1 saturated heterocycles. The van der Waals surface area contributed by atoms with Crippen molar-refractivity contribution in [3.63, 3.8) is 0 Å². The summed E-state index contributed by atoms with van der Waals surface area (Å²) in [5, 5.41) is 3.45. The minimum Gasteiger partial charge on any atom is -0.469 e. The van der Waals surface area contributed by atoms with Gasteiger partial charge in [0, 0.05) is 32.6 Å². The summed E-state index contributed by atoms with van der Waals surface area (Å²) >= 11 is 0. The minimum absolute atomic E-state index is 0. The zero-order valence-corrected chi connectivity index (χ0v) is 20.2. The van der Waals surface area contributed by atoms with Crippen molar-refractivity contribution in [1.82, 2.24) is 10.2 Å². The Bertz CT molecular complexity index is 726. The molecule has 28 heavy (non-hydrogen) atoms. The molecule has 1 spiro atoms. The molecular formula is C20H34IN3O3S. The Balaban J connectivity index is 0.00000280. The second-order valence-electron chi connectivity index (χ2n) is 8.30. The SMILES string of the molecule is CC(C)CN=C(NCCc1ccco1)N1CCS(=O)(=O)C2(CCCCC2)C1.I. The van der Waals surface area contributed by atoms with Gasteiger partial charge >= 0.3 is 0 Å². The summed E-state index contributed by atoms with van der Waals surface area (Å²) in [6, 6.07) is 3.86. The molecule has 0 aromatic carbocycles. The third-order valence-electron chi connectivity index (χ3n) is 5.67. The van der Waals surface area contributed by atoms with Crippen molar-refractivity contribution in [1.29, 1.82) is 0 Å². The van der Waals surface area contributed by atoms with Crippen molar-refractivity contribution < 1.29 is 12.8 Å². The molecule has 0 bridgehead atoms. The fourth-order valence-corrected chi connectivity index (χ4v) is 6.26. The maximum absolute atomic E-state index is 12.9. The second kappa shape index (κ2) is 10.3. The Hall–Kier alpha value is -0.770. The van der Waals surface area contributed by atoms with Crippen molar-refractivity contribution in [3.8, 4) is 0 Å². The summed E-state index contributed by atoms with van der Waals surface area (Å²) in [6.07, 6.45) is 7.21. The average molecular weight is 523 g/mol. The lowest BCUT2D eigenvalue weighted by Gasteiger charge is -2.45. The van der Waals surface area contributed by atoms with Crippen LogP contribution in [0.15, 0.2) is 27.8 Å². The van der Waals surface area contributed by atoms with Crippen LogP contribution in [-0.4, -0.2) is 56.0 Å². The number of furan rings is 1. The molecule has 0 radical (unpaired) electrons. The van der Waals surface area contributed by atoms with Crippen LogP contribution in [-0.2, 0) is 16.3 Å². The van der Waals surface area contributed by atoms with E-state index < -0.39 is 14.6 Å². The first-order valence-electron chi connectivity index (χ1n) is 10.2. The van der Waals surface area contributed by atoms with Crippen LogP contribution in [0.1, 0.15) is 51.7 Å². The third kappa shape index (κ3) is 5.64. The van der Waals surface area contributed by atoms with E-state index in [0.29, 0.717) is 19.0 Å². The topological polar surface area (TPSA) is 74.9 Å². The van der Waals surface area contributed by atoms with Crippen LogP contribution in [0.2, 0.25) is 0 Å². The summed E-state index contributed by atoms with van der Waals surface area (Å²) < 4.78 is 30.6. The van der Waals surface area contributed by atoms with E-state index in [4.69, 9.17) is 9.41 Å². The Labute approximate surface area is 186 Å². The van der Waals surface area contributed by atoms with Gasteiger partial charge in [-0.2, -0.15) is 0 Å². The zero-order chi connectivity index (χ0) is 19.3. The molecule has 1 N–H and O–H groups in total. The van der Waals surface area contributed by atoms with Crippen molar-refractivity contribution in [2.24, 2.45) is 10.9 Å². The van der Waals surface area contributed by atoms with E-state index in [0.717, 1.165) is 63.3 Å². The molecule has 1 saturated carbocycles. The van der Waals surface area contributed by atoms with Gasteiger partial charge in [0.15, 0.2) is 15.8 Å². The van der Waals surface area contributed by atoms with Gasteiger partial charge in [-0.05, 0) is 30.9 Å². The molecule has 0 amide bonds. The molecule has 3 rings (SSSR count). The smallest absolute Gasteiger partial charge is 0.194 e. The van der Waals surface area contributed by atoms with Gasteiger partial charge in [0.25, 0.3) is 0 Å². The number of guanidine groups is 1. The number of rotatable bonds is 5. The van der Waals surface area contributed by atoms with Crippen LogP contribution in [0.3, 0.4) is 0 Å². The third-order valence-corrected chi connectivity index (χ3v) is 8.25. The molecule has 160 valence electrons. The molecule has 1 aliphatic heterocycles. The lowest BCUT2D eigenvalue weighted by Crippen LogP contribution is -2.60. The van der Waals surface area contributed by atoms with Gasteiger partial charge in [0.05, 0.1) is 16.8 Å². The highest BCUT2D eigenvalue weighted by Crippen LogP contribution is 2.38. The highest BCUT2D eigenvalue weighted by Gasteiger charge is 2.48. The largest absolute Gasteiger partial charge is 0.469 e. The highest BCUT2D eigenvalue weighted by atomic mass is 127. The molecule has 2 heterocycles. The van der Waals surface area contributed by atoms with E-state index in [1.54, 1.807) is 6.26 Å². The van der Waals surface area contributed by atoms with Gasteiger partial charge in [-0.1, -0.05) is 33.1 Å². The van der Waals surface area contributed by atoms with E-state index in [2.05, 4.69) is 24.1 Å². The first kappa shape index (κ1) is 23.5. The Morgan fingerprint density at radius 2 is 2.07 bits per heavy atom. The molecule has 1 aromatic rings. The fourth-order valence-electron chi connectivity index (χ4n) is 4.11. The Morgan fingerprint density at radius 3 is 2.71 bits per heavy atom. The van der Waals surface area contributed by atoms with Crippen molar-refractivity contribution in [3.05, 3.63) is 24.2 Å². The molecule has 2 fully saturated rings. The molecule has 6 nitrogen and oxygen atoms in total. The number of halogens is 1. The van der Waals surface area contributed by atoms with E-state index in [1.807, 2.05) is 12.1 Å². The first-order chi connectivity index (χ1) is 12.9. The first-order valence-corrected chi connectivity index (χ1v) is 11.9. The molecule has 0 unspecified atom stereocenters. The minimum atomic E-state index is -3.04. The van der Waals surface area contributed by atoms with Crippen molar-refractivity contribution in [2.45, 2.75) is 57.1 Å². The van der Waals surface area contributed by atoms with Crippen molar-refractivity contribution >= 4 is 39.8 Å². The fraction of sp³-hybridized carbons (Fsp3) is 0.750. The zero-order valence-electron chi connectivity index (χ0n) is 17.0. The van der Waals surface area contributed by atoms with Crippen LogP contribution in [0.4, 0.5) is 0 Å². The maximum Gasteiger partial charge on any atom is 0.194 e. The molecule has 8 heteroatoms. The summed E-state index contributed by atoms with van der Waals surface area (Å²) in [4.78, 5) is 6.97. The lowest BCUT2D eigenvalue weighted by atomic mass is 9.87.